The highest BCUT2D eigenvalue weighted by atomic mass is 35.5. The van der Waals surface area contributed by atoms with E-state index < -0.39 is 11.7 Å². The van der Waals surface area contributed by atoms with Crippen molar-refractivity contribution in [3.63, 3.8) is 0 Å². The molecule has 1 aromatic carbocycles. The molecule has 116 valence electrons. The zero-order chi connectivity index (χ0) is 16.2. The lowest BCUT2D eigenvalue weighted by Crippen LogP contribution is -2.06. The van der Waals surface area contributed by atoms with Crippen molar-refractivity contribution in [3.8, 4) is 5.75 Å². The molecule has 0 amide bonds. The Hall–Kier alpha value is -2.28. The van der Waals surface area contributed by atoms with Crippen molar-refractivity contribution in [2.24, 2.45) is 5.10 Å². The minimum absolute atomic E-state index is 0.0359. The molecule has 1 aromatic heterocycles. The maximum absolute atomic E-state index is 12.5. The summed E-state index contributed by atoms with van der Waals surface area (Å²) in [5, 5.41) is 3.71. The fourth-order valence-electron chi connectivity index (χ4n) is 1.56. The van der Waals surface area contributed by atoms with E-state index in [0.29, 0.717) is 11.9 Å². The van der Waals surface area contributed by atoms with E-state index in [1.165, 1.54) is 6.21 Å². The highest BCUT2D eigenvalue weighted by Gasteiger charge is 2.31. The number of methoxy groups -OCH3 is 1. The molecule has 2 aromatic rings. The Morgan fingerprint density at radius 3 is 2.73 bits per heavy atom. The molecule has 0 saturated heterocycles. The number of hydrogen-bond donors (Lipinski definition) is 1. The normalized spacial score (nSPS) is 11.7. The van der Waals surface area contributed by atoms with Gasteiger partial charge < -0.3 is 4.74 Å². The van der Waals surface area contributed by atoms with Crippen molar-refractivity contribution in [1.82, 2.24) is 4.98 Å². The number of nitrogens with zero attached hydrogens (tertiary/aromatic N) is 2. The first-order chi connectivity index (χ1) is 10.4. The third-order valence-corrected chi connectivity index (χ3v) is 2.93. The Morgan fingerprint density at radius 1 is 1.32 bits per heavy atom. The Kier molecular flexibility index (Phi) is 4.87. The Balaban J connectivity index is 2.09. The molecule has 22 heavy (non-hydrogen) atoms. The van der Waals surface area contributed by atoms with Gasteiger partial charge in [0, 0.05) is 6.20 Å². The summed E-state index contributed by atoms with van der Waals surface area (Å²) >= 11 is 5.75. The summed E-state index contributed by atoms with van der Waals surface area (Å²) in [5.41, 5.74) is 2.32. The lowest BCUT2D eigenvalue weighted by molar-refractivity contribution is -0.137. The minimum atomic E-state index is -4.49. The molecule has 0 aliphatic rings. The smallest absolute Gasteiger partial charge is 0.417 e. The summed E-state index contributed by atoms with van der Waals surface area (Å²) in [6.45, 7) is 0. The van der Waals surface area contributed by atoms with Gasteiger partial charge in [0.2, 0.25) is 0 Å². The van der Waals surface area contributed by atoms with Gasteiger partial charge in [-0.1, -0.05) is 23.7 Å². The van der Waals surface area contributed by atoms with Crippen molar-refractivity contribution < 1.29 is 17.9 Å². The van der Waals surface area contributed by atoms with E-state index in [0.717, 1.165) is 11.6 Å². The number of benzene rings is 1. The first-order valence-electron chi connectivity index (χ1n) is 6.06. The summed E-state index contributed by atoms with van der Waals surface area (Å²) in [4.78, 5) is 3.61. The molecule has 0 bridgehead atoms. The van der Waals surface area contributed by atoms with Crippen LogP contribution in [0.4, 0.5) is 19.0 Å². The van der Waals surface area contributed by atoms with Gasteiger partial charge in [-0.2, -0.15) is 18.3 Å². The summed E-state index contributed by atoms with van der Waals surface area (Å²) in [7, 11) is 1.54. The third-order valence-electron chi connectivity index (χ3n) is 2.65. The van der Waals surface area contributed by atoms with Gasteiger partial charge in [-0.25, -0.2) is 4.98 Å². The van der Waals surface area contributed by atoms with E-state index in [9.17, 15) is 13.2 Å². The first kappa shape index (κ1) is 16.1. The topological polar surface area (TPSA) is 46.5 Å². The van der Waals surface area contributed by atoms with Crippen LogP contribution in [0.2, 0.25) is 5.02 Å². The monoisotopic (exact) mass is 329 g/mol. The molecule has 1 heterocycles. The van der Waals surface area contributed by atoms with E-state index >= 15 is 0 Å². The molecule has 0 atom stereocenters. The van der Waals surface area contributed by atoms with E-state index in [1.807, 2.05) is 0 Å². The molecule has 1 N–H and O–H groups in total. The molecule has 0 aliphatic heterocycles. The fraction of sp³-hybridized carbons (Fsp3) is 0.143. The van der Waals surface area contributed by atoms with Crippen LogP contribution in [0, 0.1) is 0 Å². The number of pyridine rings is 1. The van der Waals surface area contributed by atoms with Gasteiger partial charge in [0.15, 0.2) is 5.82 Å². The van der Waals surface area contributed by atoms with E-state index in [4.69, 9.17) is 16.3 Å². The van der Waals surface area contributed by atoms with Gasteiger partial charge in [0.25, 0.3) is 0 Å². The van der Waals surface area contributed by atoms with Gasteiger partial charge in [-0.05, 0) is 23.8 Å². The van der Waals surface area contributed by atoms with Crippen molar-refractivity contribution in [1.29, 1.82) is 0 Å². The van der Waals surface area contributed by atoms with Crippen LogP contribution in [0.5, 0.6) is 5.75 Å². The van der Waals surface area contributed by atoms with Gasteiger partial charge in [0.1, 0.15) is 5.75 Å². The maximum atomic E-state index is 12.5. The van der Waals surface area contributed by atoms with Crippen LogP contribution in [0.1, 0.15) is 11.1 Å². The number of rotatable bonds is 4. The Bertz CT molecular complexity index is 689. The number of ether oxygens (including phenoxy) is 1. The lowest BCUT2D eigenvalue weighted by atomic mass is 10.2. The highest BCUT2D eigenvalue weighted by Crippen LogP contribution is 2.32. The predicted octanol–water partition coefficient (Wildman–Crippen LogP) is 4.21. The minimum Gasteiger partial charge on any atom is -0.497 e. The van der Waals surface area contributed by atoms with E-state index in [-0.39, 0.29) is 10.8 Å². The standard InChI is InChI=1S/C14H11ClF3N3O/c1-22-11-4-2-3-9(5-11)7-20-21-13-12(15)6-10(8-19-13)14(16,17)18/h2-8H,1H3,(H,19,21)/b20-7-. The second-order valence-electron chi connectivity index (χ2n) is 4.20. The van der Waals surface area contributed by atoms with Gasteiger partial charge >= 0.3 is 6.18 Å². The second-order valence-corrected chi connectivity index (χ2v) is 4.61. The zero-order valence-corrected chi connectivity index (χ0v) is 12.1. The summed E-state index contributed by atoms with van der Waals surface area (Å²) in [6.07, 6.45) is -2.33. The highest BCUT2D eigenvalue weighted by molar-refractivity contribution is 6.32. The number of halogens is 4. The summed E-state index contributed by atoms with van der Waals surface area (Å²) in [6, 6.07) is 7.88. The van der Waals surface area contributed by atoms with E-state index in [2.05, 4.69) is 15.5 Å². The largest absolute Gasteiger partial charge is 0.497 e. The predicted molar refractivity (Wildman–Crippen MR) is 78.5 cm³/mol. The molecule has 0 aliphatic carbocycles. The van der Waals surface area contributed by atoms with Crippen LogP contribution >= 0.6 is 11.6 Å². The fourth-order valence-corrected chi connectivity index (χ4v) is 1.77. The van der Waals surface area contributed by atoms with Crippen LogP contribution in [0.15, 0.2) is 41.6 Å². The van der Waals surface area contributed by atoms with Crippen LogP contribution in [-0.4, -0.2) is 18.3 Å². The molecule has 0 spiro atoms. The van der Waals surface area contributed by atoms with Crippen molar-refractivity contribution in [3.05, 3.63) is 52.7 Å². The van der Waals surface area contributed by atoms with Crippen molar-refractivity contribution in [2.75, 3.05) is 12.5 Å². The van der Waals surface area contributed by atoms with Crippen LogP contribution < -0.4 is 10.2 Å². The van der Waals surface area contributed by atoms with Crippen molar-refractivity contribution >= 4 is 23.6 Å². The quantitative estimate of drug-likeness (QED) is 0.675. The van der Waals surface area contributed by atoms with Gasteiger partial charge in [-0.3, -0.25) is 5.43 Å². The SMILES string of the molecule is COc1cccc(/C=N\Nc2ncc(C(F)(F)F)cc2Cl)c1. The van der Waals surface area contributed by atoms with Crippen LogP contribution in [-0.2, 0) is 6.18 Å². The Labute approximate surface area is 129 Å². The van der Waals surface area contributed by atoms with Crippen LogP contribution in [0.3, 0.4) is 0 Å². The molecule has 0 saturated carbocycles. The molecule has 4 nitrogen and oxygen atoms in total. The maximum Gasteiger partial charge on any atom is 0.417 e. The second kappa shape index (κ2) is 6.65. The van der Waals surface area contributed by atoms with Gasteiger partial charge in [-0.15, -0.1) is 0 Å². The number of alkyl halides is 3. The average Bonchev–Trinajstić information content (AvgIpc) is 2.48. The Morgan fingerprint density at radius 2 is 2.09 bits per heavy atom. The number of aromatic nitrogens is 1. The van der Waals surface area contributed by atoms with Crippen molar-refractivity contribution in [2.45, 2.75) is 6.18 Å². The van der Waals surface area contributed by atoms with Crippen LogP contribution in [0.25, 0.3) is 0 Å². The molecular formula is C14H11ClF3N3O. The first-order valence-corrected chi connectivity index (χ1v) is 6.44. The number of nitrogens with one attached hydrogen (secondary N) is 1. The number of hydrogen-bond acceptors (Lipinski definition) is 4. The van der Waals surface area contributed by atoms with Gasteiger partial charge in [0.05, 0.1) is 23.9 Å². The molecule has 0 radical (unpaired) electrons. The molecule has 0 fully saturated rings. The summed E-state index contributed by atoms with van der Waals surface area (Å²) < 4.78 is 42.5. The number of anilines is 1. The molecule has 2 rings (SSSR count). The number of hydrazone groups is 1. The lowest BCUT2D eigenvalue weighted by Gasteiger charge is -2.08. The average molecular weight is 330 g/mol. The molecular weight excluding hydrogens is 319 g/mol. The third kappa shape index (κ3) is 4.11. The zero-order valence-electron chi connectivity index (χ0n) is 11.4. The molecule has 0 unspecified atom stereocenters. The summed E-state index contributed by atoms with van der Waals surface area (Å²) in [5.74, 6) is 0.698. The van der Waals surface area contributed by atoms with E-state index in [1.54, 1.807) is 31.4 Å². The molecule has 8 heteroatoms.